The van der Waals surface area contributed by atoms with Crippen molar-refractivity contribution in [2.75, 3.05) is 26.2 Å². The van der Waals surface area contributed by atoms with Crippen LogP contribution < -0.4 is 9.64 Å². The molecule has 2 nitrogen and oxygen atoms in total. The zero-order chi connectivity index (χ0) is 14.5. The van der Waals surface area contributed by atoms with Crippen molar-refractivity contribution < 1.29 is 9.64 Å². The van der Waals surface area contributed by atoms with Gasteiger partial charge in [-0.05, 0) is 48.9 Å². The third-order valence-electron chi connectivity index (χ3n) is 4.33. The predicted octanol–water partition coefficient (Wildman–Crippen LogP) is 2.81. The molecule has 1 aromatic rings. The molecule has 1 aliphatic rings. The van der Waals surface area contributed by atoms with Crippen LogP contribution in [0.25, 0.3) is 0 Å². The summed E-state index contributed by atoms with van der Waals surface area (Å²) in [5.41, 5.74) is 2.67. The molecule has 1 fully saturated rings. The Hall–Kier alpha value is -1.02. The van der Waals surface area contributed by atoms with Gasteiger partial charge in [0.1, 0.15) is 18.9 Å². The minimum Gasteiger partial charge on any atom is -0.488 e. The van der Waals surface area contributed by atoms with Crippen LogP contribution in [0.5, 0.6) is 5.75 Å². The number of hydrogen-bond acceptors (Lipinski definition) is 1. The van der Waals surface area contributed by atoms with E-state index in [1.165, 1.54) is 37.1 Å². The fraction of sp³-hybridized carbons (Fsp3) is 0.667. The maximum Gasteiger partial charge on any atom is 0.137 e. The summed E-state index contributed by atoms with van der Waals surface area (Å²) < 4.78 is 5.99. The Bertz CT molecular complexity index is 427. The third kappa shape index (κ3) is 4.52. The molecule has 0 radical (unpaired) electrons. The molecule has 2 heteroatoms. The minimum atomic E-state index is 0.561. The fourth-order valence-electron chi connectivity index (χ4n) is 3.13. The normalized spacial score (nSPS) is 23.1. The summed E-state index contributed by atoms with van der Waals surface area (Å²) in [4.78, 5) is 1.71. The molecule has 20 heavy (non-hydrogen) atoms. The Morgan fingerprint density at radius 1 is 1.30 bits per heavy atom. The molecule has 1 aliphatic heterocycles. The van der Waals surface area contributed by atoms with Crippen molar-refractivity contribution in [3.8, 4) is 5.75 Å². The first-order valence-electron chi connectivity index (χ1n) is 8.12. The first-order chi connectivity index (χ1) is 9.54. The van der Waals surface area contributed by atoms with Crippen molar-refractivity contribution in [2.45, 2.75) is 46.5 Å². The van der Waals surface area contributed by atoms with E-state index in [-0.39, 0.29) is 0 Å². The highest BCUT2D eigenvalue weighted by Gasteiger charge is 2.19. The Labute approximate surface area is 124 Å². The van der Waals surface area contributed by atoms with Crippen LogP contribution in [0.2, 0.25) is 0 Å². The second-order valence-electron chi connectivity index (χ2n) is 6.78. The second kappa shape index (κ2) is 7.12. The van der Waals surface area contributed by atoms with Crippen LogP contribution >= 0.6 is 0 Å². The molecule has 1 unspecified atom stereocenters. The van der Waals surface area contributed by atoms with Gasteiger partial charge >= 0.3 is 0 Å². The maximum atomic E-state index is 5.99. The lowest BCUT2D eigenvalue weighted by atomic mass is 10.0. The van der Waals surface area contributed by atoms with Gasteiger partial charge in [0.2, 0.25) is 0 Å². The molecule has 112 valence electrons. The first kappa shape index (κ1) is 15.4. The number of nitrogens with one attached hydrogen (secondary N) is 1. The quantitative estimate of drug-likeness (QED) is 0.873. The predicted molar refractivity (Wildman–Crippen MR) is 84.7 cm³/mol. The molecular weight excluding hydrogens is 246 g/mol. The zero-order valence-electron chi connectivity index (χ0n) is 13.5. The highest BCUT2D eigenvalue weighted by Crippen LogP contribution is 2.22. The Balaban J connectivity index is 1.84. The van der Waals surface area contributed by atoms with Crippen LogP contribution in [0, 0.1) is 12.8 Å². The summed E-state index contributed by atoms with van der Waals surface area (Å²) in [6.45, 7) is 13.6. The van der Waals surface area contributed by atoms with Crippen LogP contribution in [0.4, 0.5) is 0 Å². The van der Waals surface area contributed by atoms with Gasteiger partial charge in [0, 0.05) is 5.92 Å². The summed E-state index contributed by atoms with van der Waals surface area (Å²) in [5.74, 6) is 2.48. The van der Waals surface area contributed by atoms with E-state index in [0.29, 0.717) is 5.92 Å². The Kier molecular flexibility index (Phi) is 5.47. The molecule has 2 rings (SSSR count). The van der Waals surface area contributed by atoms with Crippen LogP contribution in [0.1, 0.15) is 50.7 Å². The van der Waals surface area contributed by atoms with Gasteiger partial charge in [-0.2, -0.15) is 0 Å². The average molecular weight is 276 g/mol. The molecule has 0 aliphatic carbocycles. The summed E-state index contributed by atoms with van der Waals surface area (Å²) in [6, 6.07) is 6.61. The van der Waals surface area contributed by atoms with Gasteiger partial charge in [-0.3, -0.25) is 0 Å². The van der Waals surface area contributed by atoms with E-state index in [0.717, 1.165) is 24.8 Å². The summed E-state index contributed by atoms with van der Waals surface area (Å²) in [5, 5.41) is 0. The number of likely N-dealkylation sites (tertiary alicyclic amines) is 1. The zero-order valence-corrected chi connectivity index (χ0v) is 13.5. The Morgan fingerprint density at radius 3 is 2.80 bits per heavy atom. The number of rotatable bonds is 5. The molecule has 1 N–H and O–H groups in total. The minimum absolute atomic E-state index is 0.561. The van der Waals surface area contributed by atoms with E-state index >= 15 is 0 Å². The van der Waals surface area contributed by atoms with E-state index in [2.05, 4.69) is 45.9 Å². The molecule has 1 heterocycles. The molecule has 1 saturated heterocycles. The summed E-state index contributed by atoms with van der Waals surface area (Å²) in [6.07, 6.45) is 2.78. The third-order valence-corrected chi connectivity index (χ3v) is 4.33. The Morgan fingerprint density at radius 2 is 2.10 bits per heavy atom. The van der Waals surface area contributed by atoms with Gasteiger partial charge in [0.25, 0.3) is 0 Å². The van der Waals surface area contributed by atoms with Crippen molar-refractivity contribution in [3.63, 3.8) is 0 Å². The van der Waals surface area contributed by atoms with Gasteiger partial charge in [-0.25, -0.2) is 0 Å². The lowest BCUT2D eigenvalue weighted by molar-refractivity contribution is -0.908. The topological polar surface area (TPSA) is 13.7 Å². The van der Waals surface area contributed by atoms with E-state index in [4.69, 9.17) is 4.74 Å². The number of benzene rings is 1. The lowest BCUT2D eigenvalue weighted by Crippen LogP contribution is -3.14. The molecule has 0 spiro atoms. The maximum absolute atomic E-state index is 5.99. The second-order valence-corrected chi connectivity index (χ2v) is 6.78. The average Bonchev–Trinajstić information content (AvgIpc) is 2.38. The highest BCUT2D eigenvalue weighted by atomic mass is 16.5. The molecular formula is C18H30NO+. The van der Waals surface area contributed by atoms with Crippen molar-refractivity contribution in [1.82, 2.24) is 0 Å². The smallest absolute Gasteiger partial charge is 0.137 e. The standard InChI is InChI=1S/C18H29NO/c1-14(2)17-10-16(4)11-18(12-17)20-9-8-19-7-5-6-15(3)13-19/h10-12,14-15H,5-9,13H2,1-4H3/p+1/t15-/m0/s1. The van der Waals surface area contributed by atoms with Gasteiger partial charge in [0.15, 0.2) is 0 Å². The van der Waals surface area contributed by atoms with Crippen molar-refractivity contribution >= 4 is 0 Å². The van der Waals surface area contributed by atoms with Gasteiger partial charge in [0.05, 0.1) is 13.1 Å². The van der Waals surface area contributed by atoms with E-state index < -0.39 is 0 Å². The molecule has 0 amide bonds. The van der Waals surface area contributed by atoms with Crippen LogP contribution in [-0.2, 0) is 0 Å². The number of ether oxygens (including phenoxy) is 1. The van der Waals surface area contributed by atoms with Crippen LogP contribution in [-0.4, -0.2) is 26.2 Å². The fourth-order valence-corrected chi connectivity index (χ4v) is 3.13. The monoisotopic (exact) mass is 276 g/mol. The van der Waals surface area contributed by atoms with E-state index in [9.17, 15) is 0 Å². The van der Waals surface area contributed by atoms with Crippen molar-refractivity contribution in [3.05, 3.63) is 29.3 Å². The number of quaternary nitrogens is 1. The number of hydrogen-bond donors (Lipinski definition) is 1. The molecule has 0 aromatic heterocycles. The lowest BCUT2D eigenvalue weighted by Gasteiger charge is -2.27. The van der Waals surface area contributed by atoms with Crippen LogP contribution in [0.15, 0.2) is 18.2 Å². The molecule has 1 aromatic carbocycles. The van der Waals surface area contributed by atoms with Gasteiger partial charge in [-0.15, -0.1) is 0 Å². The van der Waals surface area contributed by atoms with Gasteiger partial charge < -0.3 is 9.64 Å². The summed E-state index contributed by atoms with van der Waals surface area (Å²) in [7, 11) is 0. The number of aryl methyl sites for hydroxylation is 1. The van der Waals surface area contributed by atoms with Crippen molar-refractivity contribution in [2.24, 2.45) is 5.92 Å². The molecule has 2 atom stereocenters. The largest absolute Gasteiger partial charge is 0.488 e. The van der Waals surface area contributed by atoms with E-state index in [1.54, 1.807) is 4.90 Å². The highest BCUT2D eigenvalue weighted by molar-refractivity contribution is 5.35. The first-order valence-corrected chi connectivity index (χ1v) is 8.12. The van der Waals surface area contributed by atoms with Crippen molar-refractivity contribution in [1.29, 1.82) is 0 Å². The molecule has 0 bridgehead atoms. The van der Waals surface area contributed by atoms with Crippen LogP contribution in [0.3, 0.4) is 0 Å². The SMILES string of the molecule is Cc1cc(OCC[NH+]2CCC[C@H](C)C2)cc(C(C)C)c1. The number of piperidine rings is 1. The van der Waals surface area contributed by atoms with E-state index in [1.807, 2.05) is 0 Å². The van der Waals surface area contributed by atoms with Gasteiger partial charge in [-0.1, -0.05) is 26.8 Å². The molecule has 0 saturated carbocycles. The summed E-state index contributed by atoms with van der Waals surface area (Å²) >= 11 is 0.